The normalized spacial score (nSPS) is 10.9. The molecule has 0 aliphatic heterocycles. The molecule has 1 heterocycles. The number of likely N-dealkylation sites (N-methyl/N-ethyl adjacent to an activating group) is 1. The number of aromatic nitrogens is 1. The lowest BCUT2D eigenvalue weighted by atomic mass is 10.1. The number of Topliss-reactive ketones (excluding diaryl/α,β-unsaturated/α-hetero) is 1. The fraction of sp³-hybridized carbons (Fsp3) is 0.333. The van der Waals surface area contributed by atoms with Crippen LogP contribution in [0.3, 0.4) is 0 Å². The van der Waals surface area contributed by atoms with Crippen LogP contribution in [0.2, 0.25) is 0 Å². The first kappa shape index (κ1) is 13.9. The molecule has 0 amide bonds. The molecule has 2 aromatic rings. The zero-order chi connectivity index (χ0) is 13.8. The summed E-state index contributed by atoms with van der Waals surface area (Å²) in [4.78, 5) is 18.5. The fourth-order valence-corrected chi connectivity index (χ4v) is 2.49. The Labute approximate surface area is 117 Å². The van der Waals surface area contributed by atoms with E-state index in [0.717, 1.165) is 16.3 Å². The van der Waals surface area contributed by atoms with Gasteiger partial charge in [-0.25, -0.2) is 4.98 Å². The summed E-state index contributed by atoms with van der Waals surface area (Å²) in [6.45, 7) is 5.14. The van der Waals surface area contributed by atoms with E-state index in [9.17, 15) is 4.79 Å². The number of carbonyl (C=O) groups excluding carboxylic acids is 1. The summed E-state index contributed by atoms with van der Waals surface area (Å²) in [7, 11) is 1.95. The molecule has 3 nitrogen and oxygen atoms in total. The number of hydrogen-bond acceptors (Lipinski definition) is 4. The number of aryl methyl sites for hydroxylation is 2. The summed E-state index contributed by atoms with van der Waals surface area (Å²) in [6.07, 6.45) is 0. The largest absolute Gasteiger partial charge is 0.293 e. The van der Waals surface area contributed by atoms with Crippen LogP contribution in [-0.4, -0.2) is 29.3 Å². The molecule has 0 aliphatic carbocycles. The first-order valence-electron chi connectivity index (χ1n) is 6.24. The van der Waals surface area contributed by atoms with Gasteiger partial charge in [0, 0.05) is 17.5 Å². The van der Waals surface area contributed by atoms with E-state index >= 15 is 0 Å². The third kappa shape index (κ3) is 3.98. The van der Waals surface area contributed by atoms with Crippen molar-refractivity contribution in [3.63, 3.8) is 0 Å². The molecule has 0 unspecified atom stereocenters. The van der Waals surface area contributed by atoms with Crippen LogP contribution in [0.5, 0.6) is 0 Å². The van der Waals surface area contributed by atoms with E-state index in [4.69, 9.17) is 0 Å². The van der Waals surface area contributed by atoms with Crippen molar-refractivity contribution in [1.82, 2.24) is 9.88 Å². The molecule has 1 aromatic carbocycles. The lowest BCUT2D eigenvalue weighted by molar-refractivity contribution is 0.0942. The Kier molecular flexibility index (Phi) is 4.45. The van der Waals surface area contributed by atoms with Gasteiger partial charge in [-0.3, -0.25) is 9.69 Å². The van der Waals surface area contributed by atoms with E-state index < -0.39 is 0 Å². The Morgan fingerprint density at radius 3 is 2.53 bits per heavy atom. The number of hydrogen-bond donors (Lipinski definition) is 0. The van der Waals surface area contributed by atoms with Crippen molar-refractivity contribution in [3.8, 4) is 0 Å². The average Bonchev–Trinajstić information content (AvgIpc) is 2.75. The Hall–Kier alpha value is -1.52. The van der Waals surface area contributed by atoms with E-state index in [1.807, 2.05) is 55.4 Å². The second-order valence-corrected chi connectivity index (χ2v) is 5.88. The van der Waals surface area contributed by atoms with Gasteiger partial charge in [-0.1, -0.05) is 29.8 Å². The van der Waals surface area contributed by atoms with Gasteiger partial charge in [0.2, 0.25) is 0 Å². The first-order valence-corrected chi connectivity index (χ1v) is 7.12. The fourth-order valence-electron chi connectivity index (χ4n) is 1.89. The van der Waals surface area contributed by atoms with Gasteiger partial charge in [-0.05, 0) is 20.9 Å². The minimum Gasteiger partial charge on any atom is -0.293 e. The number of thiazole rings is 1. The van der Waals surface area contributed by atoms with Gasteiger partial charge in [0.15, 0.2) is 5.78 Å². The molecule has 0 bridgehead atoms. The van der Waals surface area contributed by atoms with Crippen LogP contribution in [0, 0.1) is 13.8 Å². The third-order valence-corrected chi connectivity index (χ3v) is 3.71. The molecule has 0 spiro atoms. The van der Waals surface area contributed by atoms with Crippen LogP contribution >= 0.6 is 11.3 Å². The van der Waals surface area contributed by atoms with E-state index in [2.05, 4.69) is 4.98 Å². The second kappa shape index (κ2) is 6.08. The zero-order valence-electron chi connectivity index (χ0n) is 11.5. The maximum Gasteiger partial charge on any atom is 0.176 e. The number of carbonyl (C=O) groups is 1. The summed E-state index contributed by atoms with van der Waals surface area (Å²) in [5.74, 6) is 0.148. The van der Waals surface area contributed by atoms with Crippen LogP contribution in [0.25, 0.3) is 0 Å². The maximum absolute atomic E-state index is 12.1. The van der Waals surface area contributed by atoms with Crippen molar-refractivity contribution >= 4 is 17.1 Å². The molecule has 1 aromatic heterocycles. The predicted octanol–water partition coefficient (Wildman–Crippen LogP) is 3.07. The Morgan fingerprint density at radius 1 is 1.26 bits per heavy atom. The van der Waals surface area contributed by atoms with Crippen molar-refractivity contribution in [2.45, 2.75) is 20.4 Å². The monoisotopic (exact) mass is 274 g/mol. The Balaban J connectivity index is 1.93. The minimum absolute atomic E-state index is 0.148. The quantitative estimate of drug-likeness (QED) is 0.786. The van der Waals surface area contributed by atoms with E-state index in [1.165, 1.54) is 5.56 Å². The molecule has 2 rings (SSSR count). The summed E-state index contributed by atoms with van der Waals surface area (Å²) in [5, 5.41) is 3.11. The number of nitrogens with zero attached hydrogens (tertiary/aromatic N) is 2. The third-order valence-electron chi connectivity index (χ3n) is 2.89. The van der Waals surface area contributed by atoms with Crippen LogP contribution in [0.15, 0.2) is 29.6 Å². The van der Waals surface area contributed by atoms with E-state index in [1.54, 1.807) is 11.3 Å². The lowest BCUT2D eigenvalue weighted by Crippen LogP contribution is -2.25. The highest BCUT2D eigenvalue weighted by Gasteiger charge is 2.10. The lowest BCUT2D eigenvalue weighted by Gasteiger charge is -2.14. The standard InChI is InChI=1S/C15H18N2OS/c1-11-4-6-13(7-5-11)15(18)9-17(3)8-14-10-19-12(2)16-14/h4-7,10H,8-9H2,1-3H3. The van der Waals surface area contributed by atoms with E-state index in [-0.39, 0.29) is 5.78 Å². The van der Waals surface area contributed by atoms with Crippen LogP contribution < -0.4 is 0 Å². The highest BCUT2D eigenvalue weighted by Crippen LogP contribution is 2.10. The van der Waals surface area contributed by atoms with Crippen molar-refractivity contribution < 1.29 is 4.79 Å². The Bertz CT molecular complexity index is 560. The summed E-state index contributed by atoms with van der Waals surface area (Å²) < 4.78 is 0. The molecule has 19 heavy (non-hydrogen) atoms. The molecule has 0 saturated heterocycles. The molecule has 100 valence electrons. The Morgan fingerprint density at radius 2 is 1.95 bits per heavy atom. The first-order chi connectivity index (χ1) is 9.04. The van der Waals surface area contributed by atoms with Crippen molar-refractivity contribution in [2.75, 3.05) is 13.6 Å². The summed E-state index contributed by atoms with van der Waals surface area (Å²) >= 11 is 1.64. The zero-order valence-corrected chi connectivity index (χ0v) is 12.3. The van der Waals surface area contributed by atoms with Crippen LogP contribution in [0.4, 0.5) is 0 Å². The van der Waals surface area contributed by atoms with Crippen molar-refractivity contribution in [2.24, 2.45) is 0 Å². The molecule has 0 saturated carbocycles. The maximum atomic E-state index is 12.1. The molecule has 0 atom stereocenters. The average molecular weight is 274 g/mol. The SMILES string of the molecule is Cc1ccc(C(=O)CN(C)Cc2csc(C)n2)cc1. The van der Waals surface area contributed by atoms with Gasteiger partial charge >= 0.3 is 0 Å². The van der Waals surface area contributed by atoms with Crippen molar-refractivity contribution in [1.29, 1.82) is 0 Å². The number of rotatable bonds is 5. The molecule has 4 heteroatoms. The van der Waals surface area contributed by atoms with Gasteiger partial charge in [-0.15, -0.1) is 11.3 Å². The van der Waals surface area contributed by atoms with Gasteiger partial charge < -0.3 is 0 Å². The molecular weight excluding hydrogens is 256 g/mol. The smallest absolute Gasteiger partial charge is 0.176 e. The molecule has 0 N–H and O–H groups in total. The molecule has 0 aliphatic rings. The molecule has 0 fully saturated rings. The van der Waals surface area contributed by atoms with Gasteiger partial charge in [0.05, 0.1) is 17.2 Å². The highest BCUT2D eigenvalue weighted by atomic mass is 32.1. The second-order valence-electron chi connectivity index (χ2n) is 4.82. The molecular formula is C15H18N2OS. The van der Waals surface area contributed by atoms with Gasteiger partial charge in [0.1, 0.15) is 0 Å². The van der Waals surface area contributed by atoms with E-state index in [0.29, 0.717) is 13.1 Å². The van der Waals surface area contributed by atoms with Gasteiger partial charge in [-0.2, -0.15) is 0 Å². The summed E-state index contributed by atoms with van der Waals surface area (Å²) in [6, 6.07) is 7.71. The van der Waals surface area contributed by atoms with Crippen LogP contribution in [0.1, 0.15) is 26.6 Å². The molecule has 0 radical (unpaired) electrons. The van der Waals surface area contributed by atoms with Crippen molar-refractivity contribution in [3.05, 3.63) is 51.5 Å². The minimum atomic E-state index is 0.148. The topological polar surface area (TPSA) is 33.2 Å². The van der Waals surface area contributed by atoms with Gasteiger partial charge in [0.25, 0.3) is 0 Å². The summed E-state index contributed by atoms with van der Waals surface area (Å²) in [5.41, 5.74) is 2.97. The van der Waals surface area contributed by atoms with Crippen LogP contribution in [-0.2, 0) is 6.54 Å². The number of ketones is 1. The number of benzene rings is 1. The highest BCUT2D eigenvalue weighted by molar-refractivity contribution is 7.09. The predicted molar refractivity (Wildman–Crippen MR) is 78.7 cm³/mol.